The molecule has 195 valence electrons. The van der Waals surface area contributed by atoms with E-state index in [2.05, 4.69) is 182 Å². The van der Waals surface area contributed by atoms with Gasteiger partial charge in [0, 0.05) is 17.1 Å². The van der Waals surface area contributed by atoms with Gasteiger partial charge < -0.3 is 0 Å². The fraction of sp³-hybridized carbons (Fsp3) is 0. The van der Waals surface area contributed by atoms with Gasteiger partial charge >= 0.3 is 0 Å². The largest absolute Gasteiger partial charge is 0.0622 e. The molecule has 1 radical (unpaired) electrons. The normalized spacial score (nSPS) is 10.3. The molecule has 0 heterocycles. The van der Waals surface area contributed by atoms with Crippen molar-refractivity contribution in [2.75, 3.05) is 0 Å². The molecule has 0 aliphatic heterocycles. The molecule has 0 atom stereocenters. The maximum absolute atomic E-state index is 2.23. The molecule has 0 aliphatic carbocycles. The topological polar surface area (TPSA) is 0 Å². The van der Waals surface area contributed by atoms with Crippen LogP contribution in [0.5, 0.6) is 0 Å². The number of hydrogen-bond acceptors (Lipinski definition) is 0. The third-order valence-corrected chi connectivity index (χ3v) is 11.0. The Morgan fingerprint density at radius 1 is 0.205 bits per heavy atom. The second kappa shape index (κ2) is 15.3. The second-order valence-corrected chi connectivity index (χ2v) is 13.1. The van der Waals surface area contributed by atoms with Crippen LogP contribution in [0.15, 0.2) is 182 Å². The average molecular weight is 588 g/mol. The van der Waals surface area contributed by atoms with Crippen LogP contribution in [0.4, 0.5) is 0 Å². The molecule has 0 amide bonds. The predicted octanol–water partition coefficient (Wildman–Crippen LogP) is 6.89. The van der Waals surface area contributed by atoms with E-state index in [1.165, 1.54) is 31.8 Å². The summed E-state index contributed by atoms with van der Waals surface area (Å²) in [5.74, 6) is 0. The van der Waals surface area contributed by atoms with E-state index < -0.39 is 15.8 Å². The number of hydrogen-bond donors (Lipinski definition) is 0. The van der Waals surface area contributed by atoms with Gasteiger partial charge in [0.25, 0.3) is 0 Å². The summed E-state index contributed by atoms with van der Waals surface area (Å²) in [6.45, 7) is 0. The minimum Gasteiger partial charge on any atom is -0.0622 e. The summed E-state index contributed by atoms with van der Waals surface area (Å²) in [5.41, 5.74) is 0. The van der Waals surface area contributed by atoms with Crippen molar-refractivity contribution in [1.29, 1.82) is 0 Å². The molecular formula is C36H30CuP2. The molecule has 6 aromatic carbocycles. The fourth-order valence-electron chi connectivity index (χ4n) is 4.36. The van der Waals surface area contributed by atoms with Gasteiger partial charge in [-0.25, -0.2) is 0 Å². The van der Waals surface area contributed by atoms with Gasteiger partial charge in [0.1, 0.15) is 0 Å². The van der Waals surface area contributed by atoms with E-state index in [4.69, 9.17) is 0 Å². The molecule has 6 rings (SSSR count). The molecule has 0 unspecified atom stereocenters. The molecule has 3 heteroatoms. The Morgan fingerprint density at radius 3 is 0.462 bits per heavy atom. The van der Waals surface area contributed by atoms with Crippen molar-refractivity contribution in [3.63, 3.8) is 0 Å². The van der Waals surface area contributed by atoms with Crippen LogP contribution in [0, 0.1) is 0 Å². The molecule has 0 saturated heterocycles. The van der Waals surface area contributed by atoms with E-state index >= 15 is 0 Å². The molecular weight excluding hydrogens is 558 g/mol. The molecule has 0 bridgehead atoms. The first-order valence-corrected chi connectivity index (χ1v) is 15.5. The van der Waals surface area contributed by atoms with Crippen molar-refractivity contribution >= 4 is 47.7 Å². The quantitative estimate of drug-likeness (QED) is 0.147. The molecule has 39 heavy (non-hydrogen) atoms. The molecule has 0 aliphatic rings. The van der Waals surface area contributed by atoms with Crippen LogP contribution in [0.2, 0.25) is 0 Å². The van der Waals surface area contributed by atoms with Crippen LogP contribution in [-0.4, -0.2) is 0 Å². The van der Waals surface area contributed by atoms with E-state index in [0.29, 0.717) is 0 Å². The van der Waals surface area contributed by atoms with Gasteiger partial charge in [-0.1, -0.05) is 182 Å². The smallest absolute Gasteiger partial charge is 0 e. The van der Waals surface area contributed by atoms with Gasteiger partial charge in [0.15, 0.2) is 0 Å². The Kier molecular flexibility index (Phi) is 11.3. The number of rotatable bonds is 6. The monoisotopic (exact) mass is 587 g/mol. The van der Waals surface area contributed by atoms with Crippen LogP contribution in [-0.2, 0) is 17.1 Å². The molecule has 0 saturated carbocycles. The third-order valence-electron chi connectivity index (χ3n) is 6.09. The molecule has 0 nitrogen and oxygen atoms in total. The van der Waals surface area contributed by atoms with Gasteiger partial charge in [0.05, 0.1) is 0 Å². The summed E-state index contributed by atoms with van der Waals surface area (Å²) >= 11 is 0. The Labute approximate surface area is 245 Å². The van der Waals surface area contributed by atoms with E-state index in [1.54, 1.807) is 0 Å². The maximum Gasteiger partial charge on any atom is 0 e. The average Bonchev–Trinajstić information content (AvgIpc) is 3.01. The molecule has 0 N–H and O–H groups in total. The van der Waals surface area contributed by atoms with Crippen LogP contribution in [0.3, 0.4) is 0 Å². The van der Waals surface area contributed by atoms with Gasteiger partial charge in [0.2, 0.25) is 0 Å². The third kappa shape index (κ3) is 7.86. The van der Waals surface area contributed by atoms with Crippen molar-refractivity contribution < 1.29 is 17.1 Å². The first kappa shape index (κ1) is 28.7. The SMILES string of the molecule is [Cu].c1ccc(P(c2ccccc2)c2ccccc2)cc1.c1ccc(P(c2ccccc2)c2ccccc2)cc1. The Morgan fingerprint density at radius 2 is 0.333 bits per heavy atom. The fourth-order valence-corrected chi connectivity index (χ4v) is 8.97. The van der Waals surface area contributed by atoms with Crippen molar-refractivity contribution in [1.82, 2.24) is 0 Å². The minimum atomic E-state index is -0.446. The predicted molar refractivity (Wildman–Crippen MR) is 170 cm³/mol. The van der Waals surface area contributed by atoms with E-state index in [1.807, 2.05) is 0 Å². The van der Waals surface area contributed by atoms with E-state index in [0.717, 1.165) is 0 Å². The van der Waals surface area contributed by atoms with Gasteiger partial charge in [-0.3, -0.25) is 0 Å². The van der Waals surface area contributed by atoms with Crippen LogP contribution < -0.4 is 31.8 Å². The first-order valence-electron chi connectivity index (χ1n) is 12.8. The summed E-state index contributed by atoms with van der Waals surface area (Å²) in [5, 5.41) is 8.39. The zero-order valence-corrected chi connectivity index (χ0v) is 24.2. The first-order chi connectivity index (χ1) is 18.9. The summed E-state index contributed by atoms with van der Waals surface area (Å²) in [7, 11) is -0.892. The molecule has 0 aromatic heterocycles. The Balaban J connectivity index is 0.000000176. The van der Waals surface area contributed by atoms with E-state index in [-0.39, 0.29) is 17.1 Å². The van der Waals surface area contributed by atoms with Gasteiger partial charge in [-0.05, 0) is 47.7 Å². The van der Waals surface area contributed by atoms with Crippen molar-refractivity contribution in [3.05, 3.63) is 182 Å². The summed E-state index contributed by atoms with van der Waals surface area (Å²) in [6.07, 6.45) is 0. The molecule has 0 spiro atoms. The minimum absolute atomic E-state index is 0. The van der Waals surface area contributed by atoms with Crippen molar-refractivity contribution in [2.45, 2.75) is 0 Å². The summed E-state index contributed by atoms with van der Waals surface area (Å²) in [4.78, 5) is 0. The summed E-state index contributed by atoms with van der Waals surface area (Å²) < 4.78 is 0. The maximum atomic E-state index is 2.23. The van der Waals surface area contributed by atoms with Gasteiger partial charge in [-0.2, -0.15) is 0 Å². The molecule has 0 fully saturated rings. The van der Waals surface area contributed by atoms with Crippen LogP contribution >= 0.6 is 15.8 Å². The molecule has 6 aromatic rings. The second-order valence-electron chi connectivity index (χ2n) is 8.68. The van der Waals surface area contributed by atoms with Crippen molar-refractivity contribution in [2.24, 2.45) is 0 Å². The summed E-state index contributed by atoms with van der Waals surface area (Å²) in [6, 6.07) is 64.7. The zero-order valence-electron chi connectivity index (χ0n) is 21.5. The van der Waals surface area contributed by atoms with Gasteiger partial charge in [-0.15, -0.1) is 0 Å². The van der Waals surface area contributed by atoms with Crippen LogP contribution in [0.1, 0.15) is 0 Å². The zero-order chi connectivity index (χ0) is 25.8. The Hall–Kier alpha value is -3.30. The van der Waals surface area contributed by atoms with Crippen LogP contribution in [0.25, 0.3) is 0 Å². The van der Waals surface area contributed by atoms with E-state index in [9.17, 15) is 0 Å². The van der Waals surface area contributed by atoms with Crippen molar-refractivity contribution in [3.8, 4) is 0 Å². The number of benzene rings is 6. The Bertz CT molecular complexity index is 1170. The standard InChI is InChI=1S/2C18H15P.Cu/c2*1-4-10-16(11-5-1)19(17-12-6-2-7-13-17)18-14-8-3-9-15-18;/h2*1-15H;.